The smallest absolute Gasteiger partial charge is 0.0105 e. The highest BCUT2D eigenvalue weighted by Crippen LogP contribution is 2.17. The first-order valence-corrected chi connectivity index (χ1v) is 6.87. The summed E-state index contributed by atoms with van der Waals surface area (Å²) in [5.74, 6) is 0.913. The molecule has 1 aliphatic rings. The lowest BCUT2D eigenvalue weighted by molar-refractivity contribution is 0.157. The Morgan fingerprint density at radius 2 is 2.00 bits per heavy atom. The first-order valence-electron chi connectivity index (χ1n) is 6.87. The normalized spacial score (nSPS) is 19.5. The van der Waals surface area contributed by atoms with E-state index in [1.54, 1.807) is 0 Å². The molecule has 3 heteroatoms. The predicted octanol–water partition coefficient (Wildman–Crippen LogP) is 1.39. The zero-order chi connectivity index (χ0) is 11.8. The molecule has 2 N–H and O–H groups in total. The van der Waals surface area contributed by atoms with E-state index in [9.17, 15) is 0 Å². The fourth-order valence-electron chi connectivity index (χ4n) is 2.54. The third-order valence-corrected chi connectivity index (χ3v) is 3.62. The van der Waals surface area contributed by atoms with Crippen molar-refractivity contribution in [2.45, 2.75) is 32.6 Å². The number of likely N-dealkylation sites (tertiary alicyclic amines) is 1. The van der Waals surface area contributed by atoms with E-state index in [0.29, 0.717) is 0 Å². The fourth-order valence-corrected chi connectivity index (χ4v) is 2.54. The quantitative estimate of drug-likeness (QED) is 0.713. The van der Waals surface area contributed by atoms with E-state index in [1.807, 2.05) is 0 Å². The molecule has 0 unspecified atom stereocenters. The van der Waals surface area contributed by atoms with Gasteiger partial charge in [-0.2, -0.15) is 0 Å². The molecule has 1 fully saturated rings. The number of rotatable bonds is 7. The molecule has 0 aromatic carbocycles. The lowest BCUT2D eigenvalue weighted by atomic mass is 9.96. The number of nitrogens with zero attached hydrogens (tertiary/aromatic N) is 2. The van der Waals surface area contributed by atoms with Gasteiger partial charge in [0.05, 0.1) is 0 Å². The molecule has 1 saturated heterocycles. The van der Waals surface area contributed by atoms with E-state index in [0.717, 1.165) is 19.0 Å². The Kier molecular flexibility index (Phi) is 7.01. The van der Waals surface area contributed by atoms with Crippen LogP contribution in [0.4, 0.5) is 0 Å². The number of unbranched alkanes of at least 4 members (excludes halogenated alkanes) is 1. The Morgan fingerprint density at radius 3 is 2.56 bits per heavy atom. The Morgan fingerprint density at radius 1 is 1.31 bits per heavy atom. The van der Waals surface area contributed by atoms with Crippen molar-refractivity contribution in [1.29, 1.82) is 0 Å². The average Bonchev–Trinajstić information content (AvgIpc) is 2.29. The van der Waals surface area contributed by atoms with Crippen LogP contribution in [0.1, 0.15) is 32.6 Å². The van der Waals surface area contributed by atoms with Crippen LogP contribution in [-0.2, 0) is 0 Å². The van der Waals surface area contributed by atoms with Crippen molar-refractivity contribution in [3.63, 3.8) is 0 Å². The molecular weight excluding hydrogens is 198 g/mol. The van der Waals surface area contributed by atoms with Crippen molar-refractivity contribution in [2.24, 2.45) is 11.7 Å². The van der Waals surface area contributed by atoms with E-state index < -0.39 is 0 Å². The molecule has 0 spiro atoms. The van der Waals surface area contributed by atoms with E-state index in [2.05, 4.69) is 23.8 Å². The Hall–Kier alpha value is -0.120. The molecule has 16 heavy (non-hydrogen) atoms. The topological polar surface area (TPSA) is 32.5 Å². The largest absolute Gasteiger partial charge is 0.329 e. The molecule has 0 bridgehead atoms. The summed E-state index contributed by atoms with van der Waals surface area (Å²) in [6.07, 6.45) is 5.36. The lowest BCUT2D eigenvalue weighted by Crippen LogP contribution is -2.40. The lowest BCUT2D eigenvalue weighted by Gasteiger charge is -2.33. The van der Waals surface area contributed by atoms with Crippen LogP contribution in [0.5, 0.6) is 0 Å². The summed E-state index contributed by atoms with van der Waals surface area (Å²) in [5, 5.41) is 0. The van der Waals surface area contributed by atoms with Gasteiger partial charge in [-0.1, -0.05) is 13.3 Å². The Balaban J connectivity index is 2.11. The molecular formula is C13H29N3. The van der Waals surface area contributed by atoms with Gasteiger partial charge in [0.25, 0.3) is 0 Å². The van der Waals surface area contributed by atoms with Gasteiger partial charge >= 0.3 is 0 Å². The molecule has 0 aromatic rings. The van der Waals surface area contributed by atoms with Gasteiger partial charge in [-0.25, -0.2) is 0 Å². The minimum Gasteiger partial charge on any atom is -0.329 e. The van der Waals surface area contributed by atoms with Gasteiger partial charge in [0.15, 0.2) is 0 Å². The summed E-state index contributed by atoms with van der Waals surface area (Å²) in [5.41, 5.74) is 5.58. The van der Waals surface area contributed by atoms with Gasteiger partial charge in [0.1, 0.15) is 0 Å². The van der Waals surface area contributed by atoms with Crippen LogP contribution in [0, 0.1) is 5.92 Å². The summed E-state index contributed by atoms with van der Waals surface area (Å²) in [4.78, 5) is 5.01. The molecule has 1 heterocycles. The zero-order valence-electron chi connectivity index (χ0n) is 11.1. The van der Waals surface area contributed by atoms with E-state index in [1.165, 1.54) is 51.9 Å². The average molecular weight is 227 g/mol. The number of hydrogen-bond acceptors (Lipinski definition) is 3. The monoisotopic (exact) mass is 227 g/mol. The number of piperidine rings is 1. The minimum absolute atomic E-state index is 0.807. The van der Waals surface area contributed by atoms with Crippen molar-refractivity contribution in [3.05, 3.63) is 0 Å². The van der Waals surface area contributed by atoms with Crippen LogP contribution >= 0.6 is 0 Å². The van der Waals surface area contributed by atoms with Gasteiger partial charge < -0.3 is 15.5 Å². The Bertz CT molecular complexity index is 165. The van der Waals surface area contributed by atoms with Gasteiger partial charge in [-0.15, -0.1) is 0 Å². The number of hydrogen-bond donors (Lipinski definition) is 1. The van der Waals surface area contributed by atoms with E-state index in [4.69, 9.17) is 5.73 Å². The summed E-state index contributed by atoms with van der Waals surface area (Å²) >= 11 is 0. The van der Waals surface area contributed by atoms with Gasteiger partial charge in [-0.05, 0) is 51.9 Å². The van der Waals surface area contributed by atoms with Crippen LogP contribution < -0.4 is 5.73 Å². The summed E-state index contributed by atoms with van der Waals surface area (Å²) in [7, 11) is 2.27. The van der Waals surface area contributed by atoms with Crippen LogP contribution in [0.25, 0.3) is 0 Å². The van der Waals surface area contributed by atoms with Crippen molar-refractivity contribution >= 4 is 0 Å². The molecule has 0 saturated carbocycles. The molecule has 0 radical (unpaired) electrons. The SMILES string of the molecule is CCCCN(C)CC1CCN(CCN)CC1. The molecule has 96 valence electrons. The van der Waals surface area contributed by atoms with Gasteiger partial charge in [-0.3, -0.25) is 0 Å². The highest BCUT2D eigenvalue weighted by molar-refractivity contribution is 4.74. The maximum absolute atomic E-state index is 5.58. The first kappa shape index (κ1) is 13.9. The van der Waals surface area contributed by atoms with Gasteiger partial charge in [0, 0.05) is 19.6 Å². The minimum atomic E-state index is 0.807. The maximum Gasteiger partial charge on any atom is 0.0105 e. The molecule has 0 aliphatic carbocycles. The van der Waals surface area contributed by atoms with Crippen LogP contribution in [0.2, 0.25) is 0 Å². The highest BCUT2D eigenvalue weighted by Gasteiger charge is 2.19. The van der Waals surface area contributed by atoms with Crippen molar-refractivity contribution in [3.8, 4) is 0 Å². The third kappa shape index (κ3) is 5.28. The second kappa shape index (κ2) is 8.04. The fraction of sp³-hybridized carbons (Fsp3) is 1.00. The molecule has 0 aromatic heterocycles. The Labute approximate surface area is 101 Å². The van der Waals surface area contributed by atoms with Crippen LogP contribution in [-0.4, -0.2) is 56.1 Å². The molecule has 3 nitrogen and oxygen atoms in total. The van der Waals surface area contributed by atoms with Gasteiger partial charge in [0.2, 0.25) is 0 Å². The molecule has 0 atom stereocenters. The standard InChI is InChI=1S/C13H29N3/c1-3-4-8-15(2)12-13-5-9-16(10-6-13)11-7-14/h13H,3-12,14H2,1-2H3. The second-order valence-electron chi connectivity index (χ2n) is 5.19. The van der Waals surface area contributed by atoms with Crippen molar-refractivity contribution in [2.75, 3.05) is 46.3 Å². The van der Waals surface area contributed by atoms with E-state index >= 15 is 0 Å². The number of nitrogens with two attached hydrogens (primary N) is 1. The molecule has 0 amide bonds. The summed E-state index contributed by atoms with van der Waals surface area (Å²) in [6, 6.07) is 0. The summed E-state index contributed by atoms with van der Waals surface area (Å²) < 4.78 is 0. The third-order valence-electron chi connectivity index (χ3n) is 3.62. The highest BCUT2D eigenvalue weighted by atomic mass is 15.1. The molecule has 1 rings (SSSR count). The van der Waals surface area contributed by atoms with Crippen molar-refractivity contribution in [1.82, 2.24) is 9.80 Å². The second-order valence-corrected chi connectivity index (χ2v) is 5.19. The summed E-state index contributed by atoms with van der Waals surface area (Å²) in [6.45, 7) is 9.21. The first-order chi connectivity index (χ1) is 7.76. The predicted molar refractivity (Wildman–Crippen MR) is 70.6 cm³/mol. The van der Waals surface area contributed by atoms with Crippen molar-refractivity contribution < 1.29 is 0 Å². The van der Waals surface area contributed by atoms with Crippen LogP contribution in [0.15, 0.2) is 0 Å². The molecule has 1 aliphatic heterocycles. The van der Waals surface area contributed by atoms with E-state index in [-0.39, 0.29) is 0 Å². The maximum atomic E-state index is 5.58. The zero-order valence-corrected chi connectivity index (χ0v) is 11.1. The van der Waals surface area contributed by atoms with Crippen LogP contribution in [0.3, 0.4) is 0 Å².